The maximum Gasteiger partial charge on any atom is 0.272 e. The van der Waals surface area contributed by atoms with Crippen molar-refractivity contribution in [1.82, 2.24) is 15.1 Å². The molecule has 1 heterocycles. The minimum absolute atomic E-state index is 0.00807. The highest BCUT2D eigenvalue weighted by Gasteiger charge is 2.11. The van der Waals surface area contributed by atoms with Crippen LogP contribution < -0.4 is 10.6 Å². The number of carbonyl (C=O) groups is 1. The van der Waals surface area contributed by atoms with Crippen molar-refractivity contribution >= 4 is 23.0 Å². The van der Waals surface area contributed by atoms with Crippen LogP contribution >= 0.6 is 0 Å². The zero-order valence-electron chi connectivity index (χ0n) is 12.9. The predicted molar refractivity (Wildman–Crippen MR) is 83.4 cm³/mol. The van der Waals surface area contributed by atoms with Gasteiger partial charge in [-0.25, -0.2) is 4.39 Å². The second kappa shape index (κ2) is 8.02. The van der Waals surface area contributed by atoms with Crippen LogP contribution in [0.15, 0.2) is 30.6 Å². The van der Waals surface area contributed by atoms with Gasteiger partial charge in [0.15, 0.2) is 5.82 Å². The number of rotatable bonds is 8. The van der Waals surface area contributed by atoms with Gasteiger partial charge in [-0.1, -0.05) is 0 Å². The quantitative estimate of drug-likeness (QED) is 0.428. The Hall–Kier alpha value is -3.01. The molecule has 0 radical (unpaired) electrons. The van der Waals surface area contributed by atoms with E-state index in [9.17, 15) is 19.3 Å². The van der Waals surface area contributed by atoms with Crippen molar-refractivity contribution in [3.63, 3.8) is 0 Å². The van der Waals surface area contributed by atoms with Crippen LogP contribution in [0.3, 0.4) is 0 Å². The number of amides is 1. The van der Waals surface area contributed by atoms with E-state index < -0.39 is 10.7 Å². The molecule has 2 N–H and O–H groups in total. The summed E-state index contributed by atoms with van der Waals surface area (Å²) >= 11 is 0. The van der Waals surface area contributed by atoms with E-state index in [0.29, 0.717) is 18.8 Å². The standard InChI is InChI=1S/C14H16FN5O4/c1-24-5-4-16-14(21)9-19-8-10(7-17-19)18-13-3-2-11(20(22)23)6-12(13)15/h2-3,6-8,18H,4-5,9H2,1H3,(H,16,21). The van der Waals surface area contributed by atoms with Crippen LogP contribution in [0.25, 0.3) is 0 Å². The lowest BCUT2D eigenvalue weighted by Crippen LogP contribution is -2.30. The Kier molecular flexibility index (Phi) is 5.79. The maximum atomic E-state index is 13.8. The predicted octanol–water partition coefficient (Wildman–Crippen LogP) is 1.44. The summed E-state index contributed by atoms with van der Waals surface area (Å²) < 4.78 is 20.0. The lowest BCUT2D eigenvalue weighted by molar-refractivity contribution is -0.385. The average molecular weight is 337 g/mol. The summed E-state index contributed by atoms with van der Waals surface area (Å²) in [6.45, 7) is 0.820. The van der Waals surface area contributed by atoms with Crippen LogP contribution in [0.2, 0.25) is 0 Å². The molecule has 1 amide bonds. The number of non-ortho nitro benzene ring substituents is 1. The molecule has 24 heavy (non-hydrogen) atoms. The largest absolute Gasteiger partial charge is 0.383 e. The number of aromatic nitrogens is 2. The van der Waals surface area contributed by atoms with Gasteiger partial charge in [0.2, 0.25) is 5.91 Å². The fourth-order valence-corrected chi connectivity index (χ4v) is 1.88. The summed E-state index contributed by atoms with van der Waals surface area (Å²) in [5, 5.41) is 20.0. The molecule has 0 bridgehead atoms. The molecule has 2 aromatic rings. The van der Waals surface area contributed by atoms with Crippen molar-refractivity contribution in [2.75, 3.05) is 25.6 Å². The second-order valence-electron chi connectivity index (χ2n) is 4.82. The topological polar surface area (TPSA) is 111 Å². The Balaban J connectivity index is 1.96. The number of carbonyl (C=O) groups excluding carboxylic acids is 1. The molecule has 128 valence electrons. The number of nitro benzene ring substituents is 1. The van der Waals surface area contributed by atoms with E-state index in [1.807, 2.05) is 0 Å². The summed E-state index contributed by atoms with van der Waals surface area (Å²) in [6, 6.07) is 3.29. The van der Waals surface area contributed by atoms with Gasteiger partial charge in [-0.3, -0.25) is 19.6 Å². The van der Waals surface area contributed by atoms with Crippen molar-refractivity contribution in [2.24, 2.45) is 0 Å². The van der Waals surface area contributed by atoms with Gasteiger partial charge in [0.05, 0.1) is 35.2 Å². The number of ether oxygens (including phenoxy) is 1. The number of methoxy groups -OCH3 is 1. The summed E-state index contributed by atoms with van der Waals surface area (Å²) in [7, 11) is 1.54. The van der Waals surface area contributed by atoms with Gasteiger partial charge in [0.25, 0.3) is 5.69 Å². The highest BCUT2D eigenvalue weighted by molar-refractivity contribution is 5.75. The van der Waals surface area contributed by atoms with Crippen molar-refractivity contribution < 1.29 is 18.8 Å². The van der Waals surface area contributed by atoms with E-state index in [-0.39, 0.29) is 23.8 Å². The first-order valence-electron chi connectivity index (χ1n) is 6.98. The van der Waals surface area contributed by atoms with Gasteiger partial charge in [-0.2, -0.15) is 5.10 Å². The summed E-state index contributed by atoms with van der Waals surface area (Å²) in [6.07, 6.45) is 2.94. The molecule has 2 rings (SSSR count). The minimum Gasteiger partial charge on any atom is -0.383 e. The van der Waals surface area contributed by atoms with E-state index in [2.05, 4.69) is 15.7 Å². The Labute approximate surface area is 136 Å². The van der Waals surface area contributed by atoms with E-state index in [1.54, 1.807) is 0 Å². The Morgan fingerprint density at radius 1 is 1.50 bits per heavy atom. The summed E-state index contributed by atoms with van der Waals surface area (Å²) in [5.41, 5.74) is 0.193. The third-order valence-electron chi connectivity index (χ3n) is 3.01. The van der Waals surface area contributed by atoms with E-state index in [1.165, 1.54) is 36.3 Å². The molecule has 0 aliphatic carbocycles. The van der Waals surface area contributed by atoms with Gasteiger partial charge in [0, 0.05) is 25.9 Å². The van der Waals surface area contributed by atoms with E-state index in [0.717, 1.165) is 6.07 Å². The third-order valence-corrected chi connectivity index (χ3v) is 3.01. The maximum absolute atomic E-state index is 13.8. The van der Waals surface area contributed by atoms with Crippen LogP contribution in [-0.2, 0) is 16.1 Å². The minimum atomic E-state index is -0.755. The highest BCUT2D eigenvalue weighted by atomic mass is 19.1. The summed E-state index contributed by atoms with van der Waals surface area (Å²) in [4.78, 5) is 21.5. The zero-order chi connectivity index (χ0) is 17.5. The van der Waals surface area contributed by atoms with Crippen molar-refractivity contribution in [3.8, 4) is 0 Å². The van der Waals surface area contributed by atoms with E-state index in [4.69, 9.17) is 4.74 Å². The van der Waals surface area contributed by atoms with Crippen LogP contribution in [0, 0.1) is 15.9 Å². The number of nitro groups is 1. The monoisotopic (exact) mass is 337 g/mol. The lowest BCUT2D eigenvalue weighted by Gasteiger charge is -2.05. The molecule has 1 aromatic heterocycles. The highest BCUT2D eigenvalue weighted by Crippen LogP contribution is 2.23. The molecule has 10 heteroatoms. The van der Waals surface area contributed by atoms with Crippen LogP contribution in [-0.4, -0.2) is 40.9 Å². The van der Waals surface area contributed by atoms with Crippen molar-refractivity contribution in [3.05, 3.63) is 46.5 Å². The molecule has 0 aliphatic heterocycles. The number of hydrogen-bond donors (Lipinski definition) is 2. The Morgan fingerprint density at radius 2 is 2.29 bits per heavy atom. The zero-order valence-corrected chi connectivity index (χ0v) is 12.9. The molecular formula is C14H16FN5O4. The smallest absolute Gasteiger partial charge is 0.272 e. The molecule has 0 aliphatic rings. The number of anilines is 2. The fourth-order valence-electron chi connectivity index (χ4n) is 1.88. The van der Waals surface area contributed by atoms with Crippen LogP contribution in [0.4, 0.5) is 21.5 Å². The molecule has 0 fully saturated rings. The average Bonchev–Trinajstić information content (AvgIpc) is 2.96. The Bertz CT molecular complexity index is 734. The normalized spacial score (nSPS) is 10.4. The van der Waals surface area contributed by atoms with Crippen LogP contribution in [0.5, 0.6) is 0 Å². The van der Waals surface area contributed by atoms with Gasteiger partial charge in [-0.15, -0.1) is 0 Å². The molecule has 9 nitrogen and oxygen atoms in total. The lowest BCUT2D eigenvalue weighted by atomic mass is 10.2. The van der Waals surface area contributed by atoms with Gasteiger partial charge in [-0.05, 0) is 6.07 Å². The molecule has 0 unspecified atom stereocenters. The Morgan fingerprint density at radius 3 is 2.96 bits per heavy atom. The molecular weight excluding hydrogens is 321 g/mol. The van der Waals surface area contributed by atoms with Crippen LogP contribution in [0.1, 0.15) is 0 Å². The molecule has 0 saturated heterocycles. The molecule has 0 atom stereocenters. The molecule has 0 spiro atoms. The number of halogens is 1. The number of nitrogens with one attached hydrogen (secondary N) is 2. The molecule has 0 saturated carbocycles. The van der Waals surface area contributed by atoms with Gasteiger partial charge >= 0.3 is 0 Å². The number of nitrogens with zero attached hydrogens (tertiary/aromatic N) is 3. The van der Waals surface area contributed by atoms with Crippen molar-refractivity contribution in [1.29, 1.82) is 0 Å². The first-order valence-corrected chi connectivity index (χ1v) is 6.98. The van der Waals surface area contributed by atoms with Crippen molar-refractivity contribution in [2.45, 2.75) is 6.54 Å². The molecule has 1 aromatic carbocycles. The first-order chi connectivity index (χ1) is 11.5. The van der Waals surface area contributed by atoms with Gasteiger partial charge in [0.1, 0.15) is 6.54 Å². The van der Waals surface area contributed by atoms with E-state index >= 15 is 0 Å². The number of hydrogen-bond acceptors (Lipinski definition) is 6. The van der Waals surface area contributed by atoms with Gasteiger partial charge < -0.3 is 15.4 Å². The summed E-state index contributed by atoms with van der Waals surface area (Å²) in [5.74, 6) is -0.988. The third kappa shape index (κ3) is 4.74. The fraction of sp³-hybridized carbons (Fsp3) is 0.286. The SMILES string of the molecule is COCCNC(=O)Cn1cc(Nc2ccc([N+](=O)[O-])cc2F)cn1. The number of benzene rings is 1. The second-order valence-corrected chi connectivity index (χ2v) is 4.82. The first kappa shape index (κ1) is 17.3.